The molecule has 2 atom stereocenters. The molecule has 1 amide bonds. The van der Waals surface area contributed by atoms with Crippen molar-refractivity contribution < 1.29 is 9.53 Å². The molecule has 1 aliphatic heterocycles. The molecule has 19 heavy (non-hydrogen) atoms. The monoisotopic (exact) mass is 281 g/mol. The van der Waals surface area contributed by atoms with Gasteiger partial charge in [-0.2, -0.15) is 11.3 Å². The highest BCUT2D eigenvalue weighted by atomic mass is 32.1. The lowest BCUT2D eigenvalue weighted by Crippen LogP contribution is -2.39. The number of hydrogen-bond acceptors (Lipinski definition) is 3. The van der Waals surface area contributed by atoms with Crippen molar-refractivity contribution >= 4 is 17.2 Å². The lowest BCUT2D eigenvalue weighted by molar-refractivity contribution is -0.144. The zero-order valence-corrected chi connectivity index (χ0v) is 12.8. The maximum atomic E-state index is 12.5. The van der Waals surface area contributed by atoms with Gasteiger partial charge in [-0.3, -0.25) is 4.79 Å². The third-order valence-corrected chi connectivity index (χ3v) is 4.19. The van der Waals surface area contributed by atoms with E-state index in [0.717, 1.165) is 19.4 Å². The Morgan fingerprint density at radius 3 is 2.95 bits per heavy atom. The minimum atomic E-state index is -0.332. The first-order valence-electron chi connectivity index (χ1n) is 7.03. The van der Waals surface area contributed by atoms with E-state index in [1.54, 1.807) is 11.3 Å². The Morgan fingerprint density at radius 2 is 2.32 bits per heavy atom. The van der Waals surface area contributed by atoms with Gasteiger partial charge in [0.2, 0.25) is 0 Å². The van der Waals surface area contributed by atoms with Crippen LogP contribution in [0.4, 0.5) is 0 Å². The number of hydrogen-bond donors (Lipinski definition) is 0. The topological polar surface area (TPSA) is 29.5 Å². The number of nitrogens with zero attached hydrogens (tertiary/aromatic N) is 1. The maximum Gasteiger partial charge on any atom is 0.251 e. The van der Waals surface area contributed by atoms with Crippen LogP contribution in [0.25, 0.3) is 0 Å². The predicted molar refractivity (Wildman–Crippen MR) is 78.3 cm³/mol. The van der Waals surface area contributed by atoms with Crippen LogP contribution in [0.2, 0.25) is 0 Å². The lowest BCUT2D eigenvalue weighted by atomic mass is 10.1. The summed E-state index contributed by atoms with van der Waals surface area (Å²) in [6.45, 7) is 7.56. The Labute approximate surface area is 119 Å². The van der Waals surface area contributed by atoms with Crippen LogP contribution in [0.15, 0.2) is 16.8 Å². The van der Waals surface area contributed by atoms with Crippen molar-refractivity contribution in [3.05, 3.63) is 22.4 Å². The summed E-state index contributed by atoms with van der Waals surface area (Å²) >= 11 is 1.69. The molecular weight excluding hydrogens is 258 g/mol. The highest BCUT2D eigenvalue weighted by Crippen LogP contribution is 2.33. The molecule has 0 bridgehead atoms. The zero-order chi connectivity index (χ0) is 13.8. The van der Waals surface area contributed by atoms with E-state index in [4.69, 9.17) is 4.74 Å². The van der Waals surface area contributed by atoms with E-state index in [0.29, 0.717) is 12.5 Å². The first-order valence-corrected chi connectivity index (χ1v) is 7.98. The standard InChI is InChI=1S/C15H23NO2S/c1-11(2)9-18-12(3)15(17)16-7-4-5-14(16)13-6-8-19-10-13/h6,8,10-12,14H,4-5,7,9H2,1-3H3/t12-,14+/m0/s1. The van der Waals surface area contributed by atoms with Crippen LogP contribution in [-0.4, -0.2) is 30.1 Å². The highest BCUT2D eigenvalue weighted by Gasteiger charge is 2.32. The highest BCUT2D eigenvalue weighted by molar-refractivity contribution is 7.07. The van der Waals surface area contributed by atoms with Crippen molar-refractivity contribution in [3.8, 4) is 0 Å². The van der Waals surface area contributed by atoms with Gasteiger partial charge in [0.15, 0.2) is 0 Å². The molecule has 4 heteroatoms. The Morgan fingerprint density at radius 1 is 1.53 bits per heavy atom. The molecule has 1 aromatic rings. The Hall–Kier alpha value is -0.870. The van der Waals surface area contributed by atoms with Gasteiger partial charge in [0.25, 0.3) is 5.91 Å². The SMILES string of the molecule is CC(C)CO[C@@H](C)C(=O)N1CCC[C@@H]1c1ccsc1. The predicted octanol–water partition coefficient (Wildman–Crippen LogP) is 3.47. The minimum Gasteiger partial charge on any atom is -0.368 e. The molecule has 106 valence electrons. The van der Waals surface area contributed by atoms with Crippen LogP contribution < -0.4 is 0 Å². The summed E-state index contributed by atoms with van der Waals surface area (Å²) in [6, 6.07) is 2.38. The fourth-order valence-corrected chi connectivity index (χ4v) is 3.19. The van der Waals surface area contributed by atoms with Crippen molar-refractivity contribution in [2.45, 2.75) is 45.8 Å². The molecule has 3 nitrogen and oxygen atoms in total. The van der Waals surface area contributed by atoms with E-state index in [1.165, 1.54) is 5.56 Å². The summed E-state index contributed by atoms with van der Waals surface area (Å²) in [6.07, 6.45) is 1.82. The van der Waals surface area contributed by atoms with Crippen LogP contribution in [-0.2, 0) is 9.53 Å². The second kappa shape index (κ2) is 6.53. The van der Waals surface area contributed by atoms with Crippen molar-refractivity contribution in [2.75, 3.05) is 13.2 Å². The second-order valence-electron chi connectivity index (χ2n) is 5.62. The largest absolute Gasteiger partial charge is 0.368 e. The molecule has 1 saturated heterocycles. The van der Waals surface area contributed by atoms with Crippen LogP contribution in [0, 0.1) is 5.92 Å². The van der Waals surface area contributed by atoms with Gasteiger partial charge < -0.3 is 9.64 Å². The fourth-order valence-electron chi connectivity index (χ4n) is 2.48. The van der Waals surface area contributed by atoms with Gasteiger partial charge in [-0.1, -0.05) is 13.8 Å². The molecule has 0 N–H and O–H groups in total. The van der Waals surface area contributed by atoms with E-state index in [9.17, 15) is 4.79 Å². The lowest BCUT2D eigenvalue weighted by Gasteiger charge is -2.27. The number of rotatable bonds is 5. The third-order valence-electron chi connectivity index (χ3n) is 3.49. The normalized spacial score (nSPS) is 21.1. The minimum absolute atomic E-state index is 0.134. The summed E-state index contributed by atoms with van der Waals surface area (Å²) in [5, 5.41) is 4.23. The number of thiophene rings is 1. The van der Waals surface area contributed by atoms with Crippen molar-refractivity contribution in [1.82, 2.24) is 4.90 Å². The van der Waals surface area contributed by atoms with Crippen LogP contribution in [0.5, 0.6) is 0 Å². The molecule has 1 aromatic heterocycles. The molecule has 2 rings (SSSR count). The van der Waals surface area contributed by atoms with Gasteiger partial charge in [0.1, 0.15) is 6.10 Å². The first-order chi connectivity index (χ1) is 9.09. The van der Waals surface area contributed by atoms with Crippen LogP contribution in [0.1, 0.15) is 45.2 Å². The number of amides is 1. The smallest absolute Gasteiger partial charge is 0.251 e. The molecule has 0 aliphatic carbocycles. The number of carbonyl (C=O) groups is 1. The van der Waals surface area contributed by atoms with Gasteiger partial charge in [-0.15, -0.1) is 0 Å². The van der Waals surface area contributed by atoms with Gasteiger partial charge in [-0.05, 0) is 48.1 Å². The molecule has 0 spiro atoms. The van der Waals surface area contributed by atoms with E-state index < -0.39 is 0 Å². The van der Waals surface area contributed by atoms with E-state index in [2.05, 4.69) is 30.7 Å². The van der Waals surface area contributed by atoms with Crippen molar-refractivity contribution in [2.24, 2.45) is 5.92 Å². The van der Waals surface area contributed by atoms with Crippen molar-refractivity contribution in [1.29, 1.82) is 0 Å². The third kappa shape index (κ3) is 3.57. The molecule has 0 aromatic carbocycles. The second-order valence-corrected chi connectivity index (χ2v) is 6.40. The number of likely N-dealkylation sites (tertiary alicyclic amines) is 1. The van der Waals surface area contributed by atoms with Crippen LogP contribution in [0.3, 0.4) is 0 Å². The summed E-state index contributed by atoms with van der Waals surface area (Å²) in [5.41, 5.74) is 1.27. The zero-order valence-electron chi connectivity index (χ0n) is 12.0. The van der Waals surface area contributed by atoms with Crippen LogP contribution >= 0.6 is 11.3 Å². The fraction of sp³-hybridized carbons (Fsp3) is 0.667. The Balaban J connectivity index is 1.97. The Kier molecular flexibility index (Phi) is 4.99. The van der Waals surface area contributed by atoms with Gasteiger partial charge in [0.05, 0.1) is 6.04 Å². The van der Waals surface area contributed by atoms with E-state index >= 15 is 0 Å². The summed E-state index contributed by atoms with van der Waals surface area (Å²) in [7, 11) is 0. The molecular formula is C15H23NO2S. The Bertz CT molecular complexity index is 402. The van der Waals surface area contributed by atoms with Crippen molar-refractivity contribution in [3.63, 3.8) is 0 Å². The van der Waals surface area contributed by atoms with E-state index in [1.807, 2.05) is 11.8 Å². The first kappa shape index (κ1) is 14.5. The van der Waals surface area contributed by atoms with Gasteiger partial charge in [-0.25, -0.2) is 0 Å². The van der Waals surface area contributed by atoms with Gasteiger partial charge in [0, 0.05) is 13.2 Å². The quantitative estimate of drug-likeness (QED) is 0.827. The maximum absolute atomic E-state index is 12.5. The summed E-state index contributed by atoms with van der Waals surface area (Å²) in [4.78, 5) is 14.5. The summed E-state index contributed by atoms with van der Waals surface area (Å²) < 4.78 is 5.65. The number of carbonyl (C=O) groups excluding carboxylic acids is 1. The molecule has 0 saturated carbocycles. The summed E-state index contributed by atoms with van der Waals surface area (Å²) in [5.74, 6) is 0.593. The molecule has 0 radical (unpaired) electrons. The molecule has 2 heterocycles. The molecule has 1 fully saturated rings. The molecule has 0 unspecified atom stereocenters. The van der Waals surface area contributed by atoms with E-state index in [-0.39, 0.29) is 18.1 Å². The van der Waals surface area contributed by atoms with Gasteiger partial charge >= 0.3 is 0 Å². The number of ether oxygens (including phenoxy) is 1. The average molecular weight is 281 g/mol. The average Bonchev–Trinajstić information content (AvgIpc) is 3.03. The molecule has 1 aliphatic rings.